The number of rotatable bonds is 4. The fourth-order valence-corrected chi connectivity index (χ4v) is 2.39. The normalized spacial score (nSPS) is 10.9. The fourth-order valence-electron chi connectivity index (χ4n) is 1.75. The summed E-state index contributed by atoms with van der Waals surface area (Å²) >= 11 is 6.96. The minimum Gasteiger partial charge on any atom is -0.296 e. The molecule has 0 amide bonds. The lowest BCUT2D eigenvalue weighted by Gasteiger charge is -2.17. The van der Waals surface area contributed by atoms with Crippen LogP contribution in [-0.2, 0) is 13.1 Å². The van der Waals surface area contributed by atoms with Crippen LogP contribution in [0.1, 0.15) is 11.3 Å². The molecule has 2 aromatic rings. The zero-order valence-corrected chi connectivity index (χ0v) is 13.3. The number of benzene rings is 1. The quantitative estimate of drug-likeness (QED) is 0.801. The molecule has 2 nitrogen and oxygen atoms in total. The van der Waals surface area contributed by atoms with E-state index in [4.69, 9.17) is 0 Å². The van der Waals surface area contributed by atoms with Gasteiger partial charge in [-0.05, 0) is 46.7 Å². The summed E-state index contributed by atoms with van der Waals surface area (Å²) in [5.74, 6) is 0. The first-order chi connectivity index (χ1) is 8.65. The third kappa shape index (κ3) is 3.90. The standard InChI is InChI=1S/C14H14Br2N2/c1-18(9-11-4-2-3-5-14(11)16)10-13-7-6-12(15)8-17-13/h2-8H,9-10H2,1H3. The van der Waals surface area contributed by atoms with E-state index in [-0.39, 0.29) is 0 Å². The maximum absolute atomic E-state index is 4.38. The average molecular weight is 370 g/mol. The summed E-state index contributed by atoms with van der Waals surface area (Å²) in [5, 5.41) is 0. The molecule has 0 saturated carbocycles. The zero-order chi connectivity index (χ0) is 13.0. The van der Waals surface area contributed by atoms with Crippen LogP contribution in [0, 0.1) is 0 Å². The molecule has 1 aromatic carbocycles. The smallest absolute Gasteiger partial charge is 0.0544 e. The van der Waals surface area contributed by atoms with Gasteiger partial charge in [-0.25, -0.2) is 0 Å². The molecule has 0 saturated heterocycles. The molecule has 18 heavy (non-hydrogen) atoms. The van der Waals surface area contributed by atoms with Crippen molar-refractivity contribution in [1.82, 2.24) is 9.88 Å². The molecular weight excluding hydrogens is 356 g/mol. The van der Waals surface area contributed by atoms with E-state index in [1.165, 1.54) is 5.56 Å². The monoisotopic (exact) mass is 368 g/mol. The van der Waals surface area contributed by atoms with Crippen molar-refractivity contribution in [3.05, 3.63) is 62.8 Å². The Labute approximate surface area is 124 Å². The van der Waals surface area contributed by atoms with Gasteiger partial charge in [0.05, 0.1) is 5.69 Å². The van der Waals surface area contributed by atoms with E-state index in [1.54, 1.807) is 0 Å². The number of hydrogen-bond donors (Lipinski definition) is 0. The van der Waals surface area contributed by atoms with E-state index >= 15 is 0 Å². The Kier molecular flexibility index (Phi) is 4.92. The van der Waals surface area contributed by atoms with E-state index in [0.717, 1.165) is 27.7 Å². The summed E-state index contributed by atoms with van der Waals surface area (Å²) in [6, 6.07) is 12.4. The summed E-state index contributed by atoms with van der Waals surface area (Å²) < 4.78 is 2.17. The first-order valence-corrected chi connectivity index (χ1v) is 7.26. The highest BCUT2D eigenvalue weighted by Crippen LogP contribution is 2.18. The van der Waals surface area contributed by atoms with Crippen molar-refractivity contribution in [1.29, 1.82) is 0 Å². The van der Waals surface area contributed by atoms with Crippen LogP contribution < -0.4 is 0 Å². The second-order valence-electron chi connectivity index (χ2n) is 4.23. The molecule has 4 heteroatoms. The Balaban J connectivity index is 1.99. The Morgan fingerprint density at radius 1 is 1.06 bits per heavy atom. The van der Waals surface area contributed by atoms with Crippen LogP contribution in [0.2, 0.25) is 0 Å². The topological polar surface area (TPSA) is 16.1 Å². The molecule has 0 N–H and O–H groups in total. The minimum atomic E-state index is 0.842. The van der Waals surface area contributed by atoms with Crippen molar-refractivity contribution in [3.8, 4) is 0 Å². The Morgan fingerprint density at radius 2 is 1.83 bits per heavy atom. The number of pyridine rings is 1. The van der Waals surface area contributed by atoms with Gasteiger partial charge in [0, 0.05) is 28.2 Å². The van der Waals surface area contributed by atoms with Crippen molar-refractivity contribution in [2.24, 2.45) is 0 Å². The van der Waals surface area contributed by atoms with Crippen LogP contribution in [0.5, 0.6) is 0 Å². The maximum atomic E-state index is 4.38. The second-order valence-corrected chi connectivity index (χ2v) is 6.00. The van der Waals surface area contributed by atoms with Crippen molar-refractivity contribution < 1.29 is 0 Å². The van der Waals surface area contributed by atoms with Crippen molar-refractivity contribution in [3.63, 3.8) is 0 Å². The van der Waals surface area contributed by atoms with Gasteiger partial charge in [-0.15, -0.1) is 0 Å². The van der Waals surface area contributed by atoms with E-state index in [2.05, 4.69) is 67.0 Å². The van der Waals surface area contributed by atoms with Gasteiger partial charge in [0.15, 0.2) is 0 Å². The predicted octanol–water partition coefficient (Wildman–Crippen LogP) is 4.24. The highest BCUT2D eigenvalue weighted by atomic mass is 79.9. The molecule has 0 unspecified atom stereocenters. The summed E-state index contributed by atoms with van der Waals surface area (Å²) in [5.41, 5.74) is 2.37. The van der Waals surface area contributed by atoms with Crippen LogP contribution in [0.15, 0.2) is 51.5 Å². The largest absolute Gasteiger partial charge is 0.296 e. The van der Waals surface area contributed by atoms with E-state index < -0.39 is 0 Å². The number of aromatic nitrogens is 1. The van der Waals surface area contributed by atoms with Gasteiger partial charge >= 0.3 is 0 Å². The van der Waals surface area contributed by atoms with E-state index in [9.17, 15) is 0 Å². The lowest BCUT2D eigenvalue weighted by Crippen LogP contribution is -2.18. The third-order valence-electron chi connectivity index (χ3n) is 2.62. The molecular formula is C14H14Br2N2. The molecule has 0 aliphatic heterocycles. The summed E-state index contributed by atoms with van der Waals surface area (Å²) in [6.45, 7) is 1.74. The van der Waals surface area contributed by atoms with E-state index in [1.807, 2.05) is 24.4 Å². The first-order valence-electron chi connectivity index (χ1n) is 5.67. The molecule has 1 heterocycles. The number of halogens is 2. The maximum Gasteiger partial charge on any atom is 0.0544 e. The molecule has 0 aliphatic carbocycles. The van der Waals surface area contributed by atoms with Crippen LogP contribution >= 0.6 is 31.9 Å². The zero-order valence-electron chi connectivity index (χ0n) is 10.1. The lowest BCUT2D eigenvalue weighted by molar-refractivity contribution is 0.314. The minimum absolute atomic E-state index is 0.842. The SMILES string of the molecule is CN(Cc1ccc(Br)cn1)Cc1ccccc1Br. The fraction of sp³-hybridized carbons (Fsp3) is 0.214. The molecule has 2 rings (SSSR count). The average Bonchev–Trinajstić information content (AvgIpc) is 2.35. The molecule has 94 valence electrons. The van der Waals surface area contributed by atoms with Crippen LogP contribution in [0.4, 0.5) is 0 Å². The van der Waals surface area contributed by atoms with Gasteiger partial charge in [0.1, 0.15) is 0 Å². The summed E-state index contributed by atoms with van der Waals surface area (Å²) in [4.78, 5) is 6.63. The second kappa shape index (κ2) is 6.45. The van der Waals surface area contributed by atoms with Crippen LogP contribution in [0.3, 0.4) is 0 Å². The molecule has 0 bridgehead atoms. The van der Waals surface area contributed by atoms with Gasteiger partial charge in [-0.2, -0.15) is 0 Å². The van der Waals surface area contributed by atoms with Crippen molar-refractivity contribution >= 4 is 31.9 Å². The van der Waals surface area contributed by atoms with Gasteiger partial charge in [-0.1, -0.05) is 34.1 Å². The first kappa shape index (κ1) is 13.7. The Hall–Kier alpha value is -0.710. The Morgan fingerprint density at radius 3 is 2.50 bits per heavy atom. The third-order valence-corrected chi connectivity index (χ3v) is 3.86. The summed E-state index contributed by atoms with van der Waals surface area (Å²) in [7, 11) is 2.10. The highest BCUT2D eigenvalue weighted by molar-refractivity contribution is 9.10. The van der Waals surface area contributed by atoms with Crippen LogP contribution in [-0.4, -0.2) is 16.9 Å². The number of nitrogens with zero attached hydrogens (tertiary/aromatic N) is 2. The molecule has 0 atom stereocenters. The van der Waals surface area contributed by atoms with E-state index in [0.29, 0.717) is 0 Å². The van der Waals surface area contributed by atoms with Gasteiger partial charge in [0.25, 0.3) is 0 Å². The van der Waals surface area contributed by atoms with Crippen molar-refractivity contribution in [2.45, 2.75) is 13.1 Å². The molecule has 0 radical (unpaired) electrons. The summed E-state index contributed by atoms with van der Waals surface area (Å²) in [6.07, 6.45) is 1.83. The molecule has 0 fully saturated rings. The van der Waals surface area contributed by atoms with Crippen molar-refractivity contribution in [2.75, 3.05) is 7.05 Å². The van der Waals surface area contributed by atoms with Gasteiger partial charge < -0.3 is 0 Å². The van der Waals surface area contributed by atoms with Gasteiger partial charge in [0.2, 0.25) is 0 Å². The van der Waals surface area contributed by atoms with Gasteiger partial charge in [-0.3, -0.25) is 9.88 Å². The molecule has 0 aliphatic rings. The van der Waals surface area contributed by atoms with Crippen LogP contribution in [0.25, 0.3) is 0 Å². The number of hydrogen-bond acceptors (Lipinski definition) is 2. The molecule has 1 aromatic heterocycles. The predicted molar refractivity (Wildman–Crippen MR) is 81.3 cm³/mol. The highest BCUT2D eigenvalue weighted by Gasteiger charge is 2.05. The molecule has 0 spiro atoms. The Bertz CT molecular complexity index is 511. The lowest BCUT2D eigenvalue weighted by atomic mass is 10.2.